The van der Waals surface area contributed by atoms with Crippen LogP contribution >= 0.6 is 0 Å². The van der Waals surface area contributed by atoms with Crippen LogP contribution in [-0.4, -0.2) is 22.0 Å². The standard InChI is InChI=1S/C23H25N3O2/c1-14-4-6-19(7-5-14)24-23(28)26(20-8-9-20)13-18-12-17-11-15(2)10-16(3)21(17)25-22(18)27/h4-7,10-12,20H,8-9,13H2,1-3H3,(H,24,28)(H,25,27). The van der Waals surface area contributed by atoms with Crippen molar-refractivity contribution in [2.75, 3.05) is 5.32 Å². The smallest absolute Gasteiger partial charge is 0.321 e. The maximum Gasteiger partial charge on any atom is 0.322 e. The number of hydrogen-bond donors (Lipinski definition) is 2. The number of hydrogen-bond acceptors (Lipinski definition) is 2. The first-order chi connectivity index (χ1) is 13.4. The number of benzene rings is 2. The van der Waals surface area contributed by atoms with Gasteiger partial charge in [0.25, 0.3) is 5.56 Å². The quantitative estimate of drug-likeness (QED) is 0.697. The molecule has 2 aromatic carbocycles. The molecule has 5 heteroatoms. The zero-order chi connectivity index (χ0) is 19.8. The predicted octanol–water partition coefficient (Wildman–Crippen LogP) is 4.65. The molecule has 0 aliphatic heterocycles. The van der Waals surface area contributed by atoms with E-state index in [2.05, 4.69) is 22.4 Å². The van der Waals surface area contributed by atoms with Gasteiger partial charge in [0.1, 0.15) is 0 Å². The molecule has 28 heavy (non-hydrogen) atoms. The van der Waals surface area contributed by atoms with Crippen LogP contribution in [0.2, 0.25) is 0 Å². The molecular weight excluding hydrogens is 350 g/mol. The zero-order valence-corrected chi connectivity index (χ0v) is 16.5. The SMILES string of the molecule is Cc1ccc(NC(=O)N(Cc2cc3cc(C)cc(C)c3[nH]c2=O)C2CC2)cc1. The van der Waals surface area contributed by atoms with Crippen molar-refractivity contribution in [2.45, 2.75) is 46.2 Å². The average Bonchev–Trinajstić information content (AvgIpc) is 3.47. The van der Waals surface area contributed by atoms with Crippen molar-refractivity contribution >= 4 is 22.6 Å². The van der Waals surface area contributed by atoms with Gasteiger partial charge in [-0.05, 0) is 68.8 Å². The number of urea groups is 1. The normalized spacial score (nSPS) is 13.5. The first-order valence-electron chi connectivity index (χ1n) is 9.68. The summed E-state index contributed by atoms with van der Waals surface area (Å²) in [6.45, 7) is 6.36. The molecule has 5 nitrogen and oxygen atoms in total. The van der Waals surface area contributed by atoms with Crippen LogP contribution in [0.5, 0.6) is 0 Å². The van der Waals surface area contributed by atoms with E-state index < -0.39 is 0 Å². The van der Waals surface area contributed by atoms with E-state index in [4.69, 9.17) is 0 Å². The summed E-state index contributed by atoms with van der Waals surface area (Å²) in [4.78, 5) is 30.3. The minimum Gasteiger partial charge on any atom is -0.321 e. The van der Waals surface area contributed by atoms with Gasteiger partial charge < -0.3 is 15.2 Å². The highest BCUT2D eigenvalue weighted by atomic mass is 16.2. The van der Waals surface area contributed by atoms with Crippen LogP contribution in [0.25, 0.3) is 10.9 Å². The van der Waals surface area contributed by atoms with Gasteiger partial charge in [-0.1, -0.05) is 29.3 Å². The summed E-state index contributed by atoms with van der Waals surface area (Å²) in [5.41, 5.74) is 5.46. The van der Waals surface area contributed by atoms with Crippen molar-refractivity contribution in [3.63, 3.8) is 0 Å². The molecular formula is C23H25N3O2. The topological polar surface area (TPSA) is 65.2 Å². The van der Waals surface area contributed by atoms with E-state index in [0.29, 0.717) is 12.1 Å². The van der Waals surface area contributed by atoms with Crippen molar-refractivity contribution < 1.29 is 4.79 Å². The predicted molar refractivity (Wildman–Crippen MR) is 113 cm³/mol. The van der Waals surface area contributed by atoms with Gasteiger partial charge in [0, 0.05) is 17.3 Å². The summed E-state index contributed by atoms with van der Waals surface area (Å²) in [7, 11) is 0. The number of fused-ring (bicyclic) bond motifs is 1. The molecule has 1 aliphatic carbocycles. The van der Waals surface area contributed by atoms with E-state index in [1.54, 1.807) is 4.90 Å². The Kier molecular flexibility index (Phi) is 4.67. The first-order valence-corrected chi connectivity index (χ1v) is 9.68. The zero-order valence-electron chi connectivity index (χ0n) is 16.5. The minimum atomic E-state index is -0.161. The number of nitrogens with zero attached hydrogens (tertiary/aromatic N) is 1. The maximum absolute atomic E-state index is 12.9. The molecule has 0 atom stereocenters. The van der Waals surface area contributed by atoms with E-state index >= 15 is 0 Å². The number of H-pyrrole nitrogens is 1. The van der Waals surface area contributed by atoms with Crippen molar-refractivity contribution in [1.82, 2.24) is 9.88 Å². The van der Waals surface area contributed by atoms with Crippen molar-refractivity contribution in [1.29, 1.82) is 0 Å². The van der Waals surface area contributed by atoms with Crippen LogP contribution in [0.4, 0.5) is 10.5 Å². The molecule has 4 rings (SSSR count). The highest BCUT2D eigenvalue weighted by Crippen LogP contribution is 2.29. The molecule has 2 N–H and O–H groups in total. The number of aryl methyl sites for hydroxylation is 3. The average molecular weight is 375 g/mol. The van der Waals surface area contributed by atoms with E-state index in [0.717, 1.165) is 46.1 Å². The summed E-state index contributed by atoms with van der Waals surface area (Å²) in [5, 5.41) is 3.96. The van der Waals surface area contributed by atoms with Crippen molar-refractivity contribution in [3.8, 4) is 0 Å². The van der Waals surface area contributed by atoms with Gasteiger partial charge in [0.15, 0.2) is 0 Å². The summed E-state index contributed by atoms with van der Waals surface area (Å²) in [5.74, 6) is 0. The van der Waals surface area contributed by atoms with Crippen LogP contribution < -0.4 is 10.9 Å². The second-order valence-corrected chi connectivity index (χ2v) is 7.82. The Hall–Kier alpha value is -3.08. The lowest BCUT2D eigenvalue weighted by atomic mass is 10.1. The highest BCUT2D eigenvalue weighted by molar-refractivity contribution is 5.90. The first kappa shape index (κ1) is 18.3. The highest BCUT2D eigenvalue weighted by Gasteiger charge is 2.33. The minimum absolute atomic E-state index is 0.131. The lowest BCUT2D eigenvalue weighted by Crippen LogP contribution is -2.37. The Morgan fingerprint density at radius 2 is 1.79 bits per heavy atom. The Bertz CT molecular complexity index is 1100. The van der Waals surface area contributed by atoms with Gasteiger partial charge in [-0.3, -0.25) is 4.79 Å². The molecule has 3 aromatic rings. The molecule has 0 spiro atoms. The van der Waals surface area contributed by atoms with Crippen molar-refractivity contribution in [3.05, 3.63) is 75.1 Å². The monoisotopic (exact) mass is 375 g/mol. The molecule has 1 saturated carbocycles. The summed E-state index contributed by atoms with van der Waals surface area (Å²) < 4.78 is 0. The van der Waals surface area contributed by atoms with Gasteiger partial charge in [-0.25, -0.2) is 4.79 Å². The number of nitrogens with one attached hydrogen (secondary N) is 2. The van der Waals surface area contributed by atoms with Crippen LogP contribution in [0.1, 0.15) is 35.1 Å². The molecule has 1 fully saturated rings. The summed E-state index contributed by atoms with van der Waals surface area (Å²) in [6.07, 6.45) is 1.95. The number of pyridine rings is 1. The fraction of sp³-hybridized carbons (Fsp3) is 0.304. The van der Waals surface area contributed by atoms with E-state index in [1.165, 1.54) is 0 Å². The van der Waals surface area contributed by atoms with E-state index in [-0.39, 0.29) is 17.6 Å². The molecule has 144 valence electrons. The van der Waals surface area contributed by atoms with Gasteiger partial charge >= 0.3 is 6.03 Å². The number of rotatable bonds is 4. The third-order valence-electron chi connectivity index (χ3n) is 5.26. The number of aromatic nitrogens is 1. The third kappa shape index (κ3) is 3.79. The van der Waals surface area contributed by atoms with Crippen molar-refractivity contribution in [2.24, 2.45) is 0 Å². The molecule has 1 heterocycles. The number of aromatic amines is 1. The third-order valence-corrected chi connectivity index (χ3v) is 5.26. The Morgan fingerprint density at radius 3 is 2.46 bits per heavy atom. The fourth-order valence-corrected chi connectivity index (χ4v) is 3.62. The molecule has 2 amide bonds. The van der Waals surface area contributed by atoms with Gasteiger partial charge in [-0.15, -0.1) is 0 Å². The fourth-order valence-electron chi connectivity index (χ4n) is 3.62. The maximum atomic E-state index is 12.9. The molecule has 0 radical (unpaired) electrons. The Balaban J connectivity index is 1.61. The molecule has 0 bridgehead atoms. The van der Waals surface area contributed by atoms with Gasteiger partial charge in [0.2, 0.25) is 0 Å². The van der Waals surface area contributed by atoms with Crippen LogP contribution in [-0.2, 0) is 6.54 Å². The summed E-state index contributed by atoms with van der Waals surface area (Å²) in [6, 6.07) is 13.8. The molecule has 0 unspecified atom stereocenters. The Labute approximate surface area is 164 Å². The lowest BCUT2D eigenvalue weighted by Gasteiger charge is -2.23. The molecule has 0 saturated heterocycles. The van der Waals surface area contributed by atoms with E-state index in [9.17, 15) is 9.59 Å². The van der Waals surface area contributed by atoms with Crippen LogP contribution in [0, 0.1) is 20.8 Å². The molecule has 1 aliphatic rings. The van der Waals surface area contributed by atoms with Crippen LogP contribution in [0.3, 0.4) is 0 Å². The number of carbonyl (C=O) groups is 1. The van der Waals surface area contributed by atoms with E-state index in [1.807, 2.05) is 51.1 Å². The second-order valence-electron chi connectivity index (χ2n) is 7.82. The van der Waals surface area contributed by atoms with Gasteiger partial charge in [0.05, 0.1) is 12.1 Å². The number of anilines is 1. The second kappa shape index (κ2) is 7.15. The Morgan fingerprint density at radius 1 is 1.07 bits per heavy atom. The largest absolute Gasteiger partial charge is 0.322 e. The van der Waals surface area contributed by atoms with Gasteiger partial charge in [-0.2, -0.15) is 0 Å². The number of amides is 2. The number of carbonyl (C=O) groups excluding carboxylic acids is 1. The molecule has 1 aromatic heterocycles. The lowest BCUT2D eigenvalue weighted by molar-refractivity contribution is 0.206. The van der Waals surface area contributed by atoms with Crippen LogP contribution in [0.15, 0.2) is 47.3 Å². The summed E-state index contributed by atoms with van der Waals surface area (Å²) >= 11 is 0.